The summed E-state index contributed by atoms with van der Waals surface area (Å²) in [5.41, 5.74) is 1.77. The van der Waals surface area contributed by atoms with Crippen LogP contribution in [0.1, 0.15) is 25.8 Å². The number of fused-ring (bicyclic) bond motifs is 1. The number of hydrogen-bond acceptors (Lipinski definition) is 6. The Morgan fingerprint density at radius 3 is 2.42 bits per heavy atom. The van der Waals surface area contributed by atoms with Crippen LogP contribution in [0.5, 0.6) is 17.2 Å². The second-order valence-electron chi connectivity index (χ2n) is 8.64. The number of methoxy groups -OCH3 is 2. The van der Waals surface area contributed by atoms with Gasteiger partial charge in [-0.3, -0.25) is 4.90 Å². The summed E-state index contributed by atoms with van der Waals surface area (Å²) in [5, 5.41) is 11.3. The fourth-order valence-electron chi connectivity index (χ4n) is 4.73. The Morgan fingerprint density at radius 1 is 1.03 bits per heavy atom. The van der Waals surface area contributed by atoms with E-state index in [2.05, 4.69) is 18.7 Å². The van der Waals surface area contributed by atoms with Crippen LogP contribution in [0.15, 0.2) is 45.6 Å². The monoisotopic (exact) mass is 423 g/mol. The molecule has 1 aliphatic heterocycles. The highest BCUT2D eigenvalue weighted by Crippen LogP contribution is 2.34. The normalized spacial score (nSPS) is 19.5. The SMILES string of the molecule is COc1ccc(-c2cc3ccc(O)c(CN4CC(C)CC(C)C4)c3oc2=O)cc1OC. The van der Waals surface area contributed by atoms with Crippen molar-refractivity contribution in [3.8, 4) is 28.4 Å². The molecule has 0 aliphatic carbocycles. The number of rotatable bonds is 5. The molecule has 1 aromatic heterocycles. The number of hydrogen-bond donors (Lipinski definition) is 1. The maximum atomic E-state index is 12.9. The lowest BCUT2D eigenvalue weighted by Gasteiger charge is -2.35. The topological polar surface area (TPSA) is 72.1 Å². The molecule has 1 aliphatic rings. The van der Waals surface area contributed by atoms with Crippen LogP contribution in [0.3, 0.4) is 0 Å². The van der Waals surface area contributed by atoms with Gasteiger partial charge in [-0.15, -0.1) is 0 Å². The fourth-order valence-corrected chi connectivity index (χ4v) is 4.73. The van der Waals surface area contributed by atoms with Gasteiger partial charge < -0.3 is 19.0 Å². The first-order chi connectivity index (χ1) is 14.9. The number of benzene rings is 2. The Bertz CT molecular complexity index is 1140. The molecule has 1 fully saturated rings. The molecule has 6 nitrogen and oxygen atoms in total. The zero-order valence-corrected chi connectivity index (χ0v) is 18.5. The van der Waals surface area contributed by atoms with E-state index in [1.807, 2.05) is 6.07 Å². The average Bonchev–Trinajstić information content (AvgIpc) is 2.74. The van der Waals surface area contributed by atoms with Crippen LogP contribution in [0.25, 0.3) is 22.1 Å². The van der Waals surface area contributed by atoms with Crippen LogP contribution in [-0.2, 0) is 6.54 Å². The van der Waals surface area contributed by atoms with Crippen molar-refractivity contribution in [3.63, 3.8) is 0 Å². The van der Waals surface area contributed by atoms with E-state index in [4.69, 9.17) is 13.9 Å². The van der Waals surface area contributed by atoms with Gasteiger partial charge in [-0.1, -0.05) is 19.9 Å². The first-order valence-corrected chi connectivity index (χ1v) is 10.6. The van der Waals surface area contributed by atoms with Gasteiger partial charge in [0, 0.05) is 25.0 Å². The van der Waals surface area contributed by atoms with Crippen LogP contribution in [-0.4, -0.2) is 37.3 Å². The minimum absolute atomic E-state index is 0.153. The summed E-state index contributed by atoms with van der Waals surface area (Å²) in [7, 11) is 3.13. The lowest BCUT2D eigenvalue weighted by atomic mass is 9.91. The summed E-state index contributed by atoms with van der Waals surface area (Å²) in [5.74, 6) is 2.49. The number of phenols is 1. The van der Waals surface area contributed by atoms with Crippen LogP contribution in [0, 0.1) is 11.8 Å². The van der Waals surface area contributed by atoms with E-state index in [1.54, 1.807) is 44.6 Å². The highest BCUT2D eigenvalue weighted by Gasteiger charge is 2.24. The minimum atomic E-state index is -0.452. The number of nitrogens with zero attached hydrogens (tertiary/aromatic N) is 1. The van der Waals surface area contributed by atoms with E-state index in [0.717, 1.165) is 18.5 Å². The molecule has 31 heavy (non-hydrogen) atoms. The maximum absolute atomic E-state index is 12.9. The fraction of sp³-hybridized carbons (Fsp3) is 0.400. The summed E-state index contributed by atoms with van der Waals surface area (Å²) in [6.07, 6.45) is 1.21. The van der Waals surface area contributed by atoms with Gasteiger partial charge in [-0.2, -0.15) is 0 Å². The van der Waals surface area contributed by atoms with Crippen molar-refractivity contribution in [2.75, 3.05) is 27.3 Å². The molecule has 0 spiro atoms. The summed E-state index contributed by atoms with van der Waals surface area (Å²) < 4.78 is 16.4. The number of phenolic OH excluding ortho intramolecular Hbond substituents is 1. The quantitative estimate of drug-likeness (QED) is 0.602. The first-order valence-electron chi connectivity index (χ1n) is 10.6. The van der Waals surface area contributed by atoms with Gasteiger partial charge in [0.1, 0.15) is 11.3 Å². The van der Waals surface area contributed by atoms with Crippen LogP contribution < -0.4 is 15.1 Å². The Balaban J connectivity index is 1.75. The molecule has 0 bridgehead atoms. The van der Waals surface area contributed by atoms with Gasteiger partial charge in [0.15, 0.2) is 11.5 Å². The largest absolute Gasteiger partial charge is 0.507 e. The number of ether oxygens (including phenoxy) is 2. The molecular formula is C25H29NO5. The minimum Gasteiger partial charge on any atom is -0.507 e. The van der Waals surface area contributed by atoms with Crippen molar-refractivity contribution >= 4 is 11.0 Å². The van der Waals surface area contributed by atoms with Crippen LogP contribution in [0.4, 0.5) is 0 Å². The zero-order chi connectivity index (χ0) is 22.1. The third kappa shape index (κ3) is 4.26. The van der Waals surface area contributed by atoms with E-state index in [1.165, 1.54) is 6.42 Å². The van der Waals surface area contributed by atoms with E-state index in [-0.39, 0.29) is 5.75 Å². The van der Waals surface area contributed by atoms with E-state index >= 15 is 0 Å². The molecule has 2 aromatic carbocycles. The molecule has 0 saturated carbocycles. The van der Waals surface area contributed by atoms with Crippen LogP contribution >= 0.6 is 0 Å². The Morgan fingerprint density at radius 2 is 1.74 bits per heavy atom. The van der Waals surface area contributed by atoms with E-state index in [9.17, 15) is 9.90 Å². The van der Waals surface area contributed by atoms with Gasteiger partial charge in [0.25, 0.3) is 0 Å². The zero-order valence-electron chi connectivity index (χ0n) is 18.5. The van der Waals surface area contributed by atoms with E-state index in [0.29, 0.717) is 52.2 Å². The highest BCUT2D eigenvalue weighted by molar-refractivity contribution is 5.86. The molecule has 3 aromatic rings. The molecule has 4 rings (SSSR count). The third-order valence-corrected chi connectivity index (χ3v) is 6.00. The van der Waals surface area contributed by atoms with Gasteiger partial charge in [0.05, 0.1) is 25.3 Å². The molecule has 0 amide bonds. The van der Waals surface area contributed by atoms with Crippen molar-refractivity contribution in [2.45, 2.75) is 26.8 Å². The lowest BCUT2D eigenvalue weighted by Crippen LogP contribution is -2.38. The average molecular weight is 424 g/mol. The molecule has 1 N–H and O–H groups in total. The molecule has 6 heteroatoms. The molecule has 2 unspecified atom stereocenters. The standard InChI is InChI=1S/C25H29NO5/c1-15-9-16(2)13-26(12-15)14-20-21(27)7-5-18-10-19(25(28)31-24(18)20)17-6-8-22(29-3)23(11-17)30-4/h5-8,10-11,15-16,27H,9,12-14H2,1-4H3. The van der Waals surface area contributed by atoms with Crippen molar-refractivity contribution < 1.29 is 19.0 Å². The molecule has 0 radical (unpaired) electrons. The highest BCUT2D eigenvalue weighted by atomic mass is 16.5. The van der Waals surface area contributed by atoms with E-state index < -0.39 is 5.63 Å². The molecular weight excluding hydrogens is 394 g/mol. The third-order valence-electron chi connectivity index (χ3n) is 6.00. The maximum Gasteiger partial charge on any atom is 0.344 e. The van der Waals surface area contributed by atoms with Crippen molar-refractivity contribution in [1.29, 1.82) is 0 Å². The van der Waals surface area contributed by atoms with Gasteiger partial charge >= 0.3 is 5.63 Å². The predicted octanol–water partition coefficient (Wildman–Crippen LogP) is 4.66. The molecule has 2 atom stereocenters. The number of aromatic hydroxyl groups is 1. The van der Waals surface area contributed by atoms with Crippen molar-refractivity contribution in [1.82, 2.24) is 4.90 Å². The summed E-state index contributed by atoms with van der Waals surface area (Å²) in [4.78, 5) is 15.2. The van der Waals surface area contributed by atoms with Crippen molar-refractivity contribution in [2.24, 2.45) is 11.8 Å². The Labute approximate surface area is 182 Å². The van der Waals surface area contributed by atoms with Crippen molar-refractivity contribution in [3.05, 3.63) is 52.4 Å². The van der Waals surface area contributed by atoms with Gasteiger partial charge in [0.2, 0.25) is 0 Å². The second-order valence-corrected chi connectivity index (χ2v) is 8.64. The second kappa shape index (κ2) is 8.63. The van der Waals surface area contributed by atoms with Gasteiger partial charge in [-0.25, -0.2) is 4.79 Å². The van der Waals surface area contributed by atoms with Crippen LogP contribution in [0.2, 0.25) is 0 Å². The summed E-state index contributed by atoms with van der Waals surface area (Å²) in [6, 6.07) is 10.6. The number of likely N-dealkylation sites (tertiary alicyclic amines) is 1. The summed E-state index contributed by atoms with van der Waals surface area (Å²) >= 11 is 0. The Hall–Kier alpha value is -2.99. The molecule has 2 heterocycles. The number of piperidine rings is 1. The first kappa shape index (κ1) is 21.2. The molecule has 164 valence electrons. The predicted molar refractivity (Wildman–Crippen MR) is 121 cm³/mol. The lowest BCUT2D eigenvalue weighted by molar-refractivity contribution is 0.133. The summed E-state index contributed by atoms with van der Waals surface area (Å²) in [6.45, 7) is 6.99. The Kier molecular flexibility index (Phi) is 5.92. The van der Waals surface area contributed by atoms with Gasteiger partial charge in [-0.05, 0) is 54.2 Å². The molecule has 1 saturated heterocycles. The smallest absolute Gasteiger partial charge is 0.344 e.